The summed E-state index contributed by atoms with van der Waals surface area (Å²) in [5.41, 5.74) is 8.99. The fourth-order valence-corrected chi connectivity index (χ4v) is 4.21. The number of benzene rings is 2. The number of nitrogens with two attached hydrogens (primary N) is 1. The van der Waals surface area contributed by atoms with Gasteiger partial charge in [0.1, 0.15) is 0 Å². The van der Waals surface area contributed by atoms with Gasteiger partial charge in [0.25, 0.3) is 0 Å². The summed E-state index contributed by atoms with van der Waals surface area (Å²) in [7, 11) is 0. The van der Waals surface area contributed by atoms with Crippen molar-refractivity contribution in [1.29, 1.82) is 0 Å². The highest BCUT2D eigenvalue weighted by Gasteiger charge is 2.26. The van der Waals surface area contributed by atoms with Gasteiger partial charge in [-0.25, -0.2) is 0 Å². The van der Waals surface area contributed by atoms with Gasteiger partial charge in [0.2, 0.25) is 0 Å². The molecule has 0 radical (unpaired) electrons. The Morgan fingerprint density at radius 3 is 2.31 bits per heavy atom. The Balaban J connectivity index is 2.11. The molecular formula is C24H21Cl2NOS. The SMILES string of the molecule is CC(C)(C)Cc1c(C#Cc2ccccc2Cl)sc(N)c1C(=O)c1ccc(Cl)cc1. The third-order valence-electron chi connectivity index (χ3n) is 4.26. The van der Waals surface area contributed by atoms with Crippen LogP contribution in [0.3, 0.4) is 0 Å². The predicted molar refractivity (Wildman–Crippen MR) is 124 cm³/mol. The van der Waals surface area contributed by atoms with Gasteiger partial charge in [0.05, 0.1) is 20.5 Å². The molecule has 1 aromatic heterocycles. The lowest BCUT2D eigenvalue weighted by atomic mass is 9.85. The van der Waals surface area contributed by atoms with Crippen molar-refractivity contribution in [2.75, 3.05) is 5.73 Å². The Labute approximate surface area is 185 Å². The van der Waals surface area contributed by atoms with Gasteiger partial charge in [-0.05, 0) is 53.8 Å². The highest BCUT2D eigenvalue weighted by atomic mass is 35.5. The Kier molecular flexibility index (Phi) is 6.39. The van der Waals surface area contributed by atoms with Crippen molar-refractivity contribution in [2.24, 2.45) is 5.41 Å². The predicted octanol–water partition coefficient (Wildman–Crippen LogP) is 6.86. The molecule has 0 aliphatic heterocycles. The Morgan fingerprint density at radius 2 is 1.69 bits per heavy atom. The molecule has 2 N–H and O–H groups in total. The lowest BCUT2D eigenvalue weighted by Crippen LogP contribution is -2.14. The Bertz CT molecular complexity index is 1110. The van der Waals surface area contributed by atoms with E-state index in [1.54, 1.807) is 30.3 Å². The quantitative estimate of drug-likeness (QED) is 0.356. The first-order chi connectivity index (χ1) is 13.7. The minimum atomic E-state index is -0.111. The molecule has 0 saturated carbocycles. The Morgan fingerprint density at radius 1 is 1.03 bits per heavy atom. The van der Waals surface area contributed by atoms with Crippen LogP contribution in [0.25, 0.3) is 0 Å². The molecule has 0 saturated heterocycles. The summed E-state index contributed by atoms with van der Waals surface area (Å²) in [6.07, 6.45) is 0.682. The molecule has 148 valence electrons. The number of ketones is 1. The van der Waals surface area contributed by atoms with Crippen LogP contribution in [0.5, 0.6) is 0 Å². The maximum Gasteiger partial charge on any atom is 0.196 e. The van der Waals surface area contributed by atoms with Crippen LogP contribution in [0, 0.1) is 17.3 Å². The molecule has 0 unspecified atom stereocenters. The van der Waals surface area contributed by atoms with E-state index in [2.05, 4.69) is 32.6 Å². The van der Waals surface area contributed by atoms with Gasteiger partial charge in [-0.1, -0.05) is 67.9 Å². The smallest absolute Gasteiger partial charge is 0.196 e. The molecule has 1 heterocycles. The molecule has 2 aromatic carbocycles. The molecule has 0 spiro atoms. The zero-order chi connectivity index (χ0) is 21.2. The molecule has 0 aliphatic rings. The highest BCUT2D eigenvalue weighted by Crippen LogP contribution is 2.36. The van der Waals surface area contributed by atoms with Crippen LogP contribution >= 0.6 is 34.5 Å². The summed E-state index contributed by atoms with van der Waals surface area (Å²) in [5.74, 6) is 6.22. The normalized spacial score (nSPS) is 11.1. The molecule has 5 heteroatoms. The van der Waals surface area contributed by atoms with Gasteiger partial charge in [-0.2, -0.15) is 0 Å². The van der Waals surface area contributed by atoms with Crippen molar-refractivity contribution in [3.05, 3.63) is 85.7 Å². The molecule has 0 fully saturated rings. The van der Waals surface area contributed by atoms with Gasteiger partial charge in [0.15, 0.2) is 5.78 Å². The van der Waals surface area contributed by atoms with Gasteiger partial charge in [-0.3, -0.25) is 4.79 Å². The van der Waals surface area contributed by atoms with E-state index in [-0.39, 0.29) is 11.2 Å². The van der Waals surface area contributed by atoms with E-state index < -0.39 is 0 Å². The number of anilines is 1. The molecule has 0 aliphatic carbocycles. The summed E-state index contributed by atoms with van der Waals surface area (Å²) in [5, 5.41) is 1.66. The number of hydrogen-bond donors (Lipinski definition) is 1. The van der Waals surface area contributed by atoms with E-state index in [1.807, 2.05) is 18.2 Å². The summed E-state index contributed by atoms with van der Waals surface area (Å²) < 4.78 is 0. The standard InChI is InChI=1S/C24H21Cl2NOS/c1-24(2,3)14-18-20(13-10-15-6-4-5-7-19(15)26)29-23(27)21(18)22(28)16-8-11-17(25)12-9-16/h4-9,11-12H,14,27H2,1-3H3. The molecule has 3 rings (SSSR count). The molecule has 0 atom stereocenters. The van der Waals surface area contributed by atoms with Crippen LogP contribution in [0.2, 0.25) is 10.0 Å². The number of carbonyl (C=O) groups excluding carboxylic acids is 1. The monoisotopic (exact) mass is 441 g/mol. The average Bonchev–Trinajstić information content (AvgIpc) is 2.94. The molecular weight excluding hydrogens is 421 g/mol. The number of rotatable bonds is 3. The average molecular weight is 442 g/mol. The van der Waals surface area contributed by atoms with E-state index in [4.69, 9.17) is 28.9 Å². The summed E-state index contributed by atoms with van der Waals surface area (Å²) in [6.45, 7) is 6.38. The van der Waals surface area contributed by atoms with Crippen molar-refractivity contribution < 1.29 is 4.79 Å². The van der Waals surface area contributed by atoms with Crippen LogP contribution in [0.15, 0.2) is 48.5 Å². The third kappa shape index (κ3) is 5.22. The van der Waals surface area contributed by atoms with Gasteiger partial charge >= 0.3 is 0 Å². The number of thiophene rings is 1. The zero-order valence-electron chi connectivity index (χ0n) is 16.5. The first kappa shape index (κ1) is 21.5. The van der Waals surface area contributed by atoms with Crippen molar-refractivity contribution in [1.82, 2.24) is 0 Å². The summed E-state index contributed by atoms with van der Waals surface area (Å²) >= 11 is 13.5. The van der Waals surface area contributed by atoms with Crippen molar-refractivity contribution in [2.45, 2.75) is 27.2 Å². The molecule has 0 bridgehead atoms. The summed E-state index contributed by atoms with van der Waals surface area (Å²) in [4.78, 5) is 14.0. The second kappa shape index (κ2) is 8.63. The number of hydrogen-bond acceptors (Lipinski definition) is 3. The largest absolute Gasteiger partial charge is 0.390 e. The van der Waals surface area contributed by atoms with E-state index in [1.165, 1.54) is 11.3 Å². The fourth-order valence-electron chi connectivity index (χ4n) is 2.97. The zero-order valence-corrected chi connectivity index (χ0v) is 18.8. The lowest BCUT2D eigenvalue weighted by molar-refractivity contribution is 0.103. The van der Waals surface area contributed by atoms with Gasteiger partial charge in [0, 0.05) is 16.1 Å². The second-order valence-electron chi connectivity index (χ2n) is 7.95. The third-order valence-corrected chi connectivity index (χ3v) is 5.82. The van der Waals surface area contributed by atoms with Crippen molar-refractivity contribution in [3.8, 4) is 11.8 Å². The van der Waals surface area contributed by atoms with E-state index in [0.29, 0.717) is 32.6 Å². The van der Waals surface area contributed by atoms with Crippen LogP contribution in [-0.2, 0) is 6.42 Å². The van der Waals surface area contributed by atoms with Gasteiger partial charge < -0.3 is 5.73 Å². The van der Waals surface area contributed by atoms with E-state index in [9.17, 15) is 4.79 Å². The van der Waals surface area contributed by atoms with Crippen molar-refractivity contribution >= 4 is 45.3 Å². The second-order valence-corrected chi connectivity index (χ2v) is 9.85. The molecule has 29 heavy (non-hydrogen) atoms. The number of halogens is 2. The number of carbonyl (C=O) groups is 1. The minimum Gasteiger partial charge on any atom is -0.390 e. The maximum atomic E-state index is 13.2. The summed E-state index contributed by atoms with van der Waals surface area (Å²) in [6, 6.07) is 14.3. The molecule has 2 nitrogen and oxygen atoms in total. The minimum absolute atomic E-state index is 0.0383. The van der Waals surface area contributed by atoms with Gasteiger partial charge in [-0.15, -0.1) is 11.3 Å². The van der Waals surface area contributed by atoms with E-state index >= 15 is 0 Å². The van der Waals surface area contributed by atoms with Crippen LogP contribution in [0.1, 0.15) is 52.7 Å². The lowest BCUT2D eigenvalue weighted by Gasteiger charge is -2.19. The highest BCUT2D eigenvalue weighted by molar-refractivity contribution is 7.17. The first-order valence-corrected chi connectivity index (χ1v) is 10.7. The number of nitrogen functional groups attached to an aromatic ring is 1. The fraction of sp³-hybridized carbons (Fsp3) is 0.208. The van der Waals surface area contributed by atoms with Crippen LogP contribution < -0.4 is 5.73 Å². The maximum absolute atomic E-state index is 13.2. The first-order valence-electron chi connectivity index (χ1n) is 9.13. The molecule has 3 aromatic rings. The van der Waals surface area contributed by atoms with Crippen LogP contribution in [0.4, 0.5) is 5.00 Å². The topological polar surface area (TPSA) is 43.1 Å². The van der Waals surface area contributed by atoms with E-state index in [0.717, 1.165) is 16.0 Å². The Hall–Kier alpha value is -2.25. The van der Waals surface area contributed by atoms with Crippen LogP contribution in [-0.4, -0.2) is 5.78 Å². The molecule has 0 amide bonds. The van der Waals surface area contributed by atoms with Crippen molar-refractivity contribution in [3.63, 3.8) is 0 Å².